The average Bonchev–Trinajstić information content (AvgIpc) is 3.05. The Morgan fingerprint density at radius 2 is 2.00 bits per heavy atom. The first kappa shape index (κ1) is 16.7. The molecule has 6 nitrogen and oxygen atoms in total. The number of methoxy groups -OCH3 is 2. The molecule has 120 valence electrons. The number of ether oxygens (including phenoxy) is 2. The molecule has 2 aromatic rings. The molecule has 1 aromatic carbocycles. The Balaban J connectivity index is 2.17. The van der Waals surface area contributed by atoms with E-state index in [1.807, 2.05) is 36.5 Å². The minimum Gasteiger partial charge on any atom is -0.397 e. The highest BCUT2D eigenvalue weighted by Crippen LogP contribution is 2.18. The first-order valence-electron chi connectivity index (χ1n) is 7.19. The molecule has 0 bridgehead atoms. The highest BCUT2D eigenvalue weighted by Gasteiger charge is 2.14. The van der Waals surface area contributed by atoms with E-state index < -0.39 is 6.29 Å². The summed E-state index contributed by atoms with van der Waals surface area (Å²) in [7, 11) is 3.05. The Morgan fingerprint density at radius 3 is 2.61 bits per heavy atom. The molecule has 0 saturated heterocycles. The van der Waals surface area contributed by atoms with Crippen LogP contribution in [0.5, 0.6) is 0 Å². The summed E-state index contributed by atoms with van der Waals surface area (Å²) < 4.78 is 12.0. The molecule has 0 aliphatic carbocycles. The SMILES string of the molecule is COC(CC(C#N)=C(N)c1cnn(Cc2ccccc2)c1)OC. The molecule has 1 aromatic heterocycles. The predicted octanol–water partition coefficient (Wildman–Crippen LogP) is 2.13. The smallest absolute Gasteiger partial charge is 0.161 e. The number of benzene rings is 1. The zero-order valence-electron chi connectivity index (χ0n) is 13.3. The molecule has 0 unspecified atom stereocenters. The molecule has 0 aliphatic rings. The van der Waals surface area contributed by atoms with Crippen molar-refractivity contribution in [1.29, 1.82) is 5.26 Å². The number of nitrogens with zero attached hydrogens (tertiary/aromatic N) is 3. The fourth-order valence-corrected chi connectivity index (χ4v) is 2.18. The van der Waals surface area contributed by atoms with Gasteiger partial charge in [-0.15, -0.1) is 0 Å². The summed E-state index contributed by atoms with van der Waals surface area (Å²) in [5.74, 6) is 0. The van der Waals surface area contributed by atoms with Gasteiger partial charge in [-0.3, -0.25) is 4.68 Å². The maximum absolute atomic E-state index is 9.31. The summed E-state index contributed by atoms with van der Waals surface area (Å²) in [6.07, 6.45) is 3.28. The van der Waals surface area contributed by atoms with E-state index in [1.165, 1.54) is 14.2 Å². The van der Waals surface area contributed by atoms with Crippen LogP contribution in [0, 0.1) is 11.3 Å². The lowest BCUT2D eigenvalue weighted by atomic mass is 10.1. The van der Waals surface area contributed by atoms with Gasteiger partial charge in [-0.05, 0) is 5.56 Å². The van der Waals surface area contributed by atoms with E-state index in [0.29, 0.717) is 29.8 Å². The highest BCUT2D eigenvalue weighted by atomic mass is 16.7. The van der Waals surface area contributed by atoms with E-state index in [9.17, 15) is 5.26 Å². The minimum atomic E-state index is -0.498. The van der Waals surface area contributed by atoms with Gasteiger partial charge in [0.15, 0.2) is 6.29 Å². The Morgan fingerprint density at radius 1 is 1.30 bits per heavy atom. The molecule has 0 radical (unpaired) electrons. The molecule has 0 amide bonds. The van der Waals surface area contributed by atoms with Gasteiger partial charge in [0.2, 0.25) is 0 Å². The first-order chi connectivity index (χ1) is 11.2. The van der Waals surface area contributed by atoms with E-state index in [4.69, 9.17) is 15.2 Å². The van der Waals surface area contributed by atoms with Gasteiger partial charge in [0.05, 0.1) is 30.1 Å². The largest absolute Gasteiger partial charge is 0.397 e. The topological polar surface area (TPSA) is 86.1 Å². The van der Waals surface area contributed by atoms with E-state index >= 15 is 0 Å². The zero-order valence-corrected chi connectivity index (χ0v) is 13.3. The van der Waals surface area contributed by atoms with Gasteiger partial charge in [-0.25, -0.2) is 0 Å². The number of hydrogen-bond acceptors (Lipinski definition) is 5. The zero-order chi connectivity index (χ0) is 16.7. The van der Waals surface area contributed by atoms with Crippen LogP contribution < -0.4 is 5.73 Å². The molecule has 0 fully saturated rings. The van der Waals surface area contributed by atoms with Gasteiger partial charge < -0.3 is 15.2 Å². The Hall–Kier alpha value is -2.62. The molecule has 2 rings (SSSR count). The van der Waals surface area contributed by atoms with Gasteiger partial charge in [-0.1, -0.05) is 30.3 Å². The van der Waals surface area contributed by atoms with Crippen molar-refractivity contribution < 1.29 is 9.47 Å². The quantitative estimate of drug-likeness (QED) is 0.625. The molecular weight excluding hydrogens is 292 g/mol. The van der Waals surface area contributed by atoms with Crippen molar-refractivity contribution in [3.8, 4) is 6.07 Å². The maximum Gasteiger partial charge on any atom is 0.161 e. The fourth-order valence-electron chi connectivity index (χ4n) is 2.18. The van der Waals surface area contributed by atoms with Crippen LogP contribution in [-0.4, -0.2) is 30.3 Å². The lowest BCUT2D eigenvalue weighted by Gasteiger charge is -2.13. The normalized spacial score (nSPS) is 12.1. The van der Waals surface area contributed by atoms with Gasteiger partial charge in [-0.2, -0.15) is 10.4 Å². The number of aromatic nitrogens is 2. The summed E-state index contributed by atoms with van der Waals surface area (Å²) in [6, 6.07) is 12.1. The molecule has 6 heteroatoms. The van der Waals surface area contributed by atoms with Crippen LogP contribution in [0.3, 0.4) is 0 Å². The van der Waals surface area contributed by atoms with Crippen molar-refractivity contribution in [3.05, 3.63) is 59.4 Å². The summed E-state index contributed by atoms with van der Waals surface area (Å²) >= 11 is 0. The lowest BCUT2D eigenvalue weighted by Crippen LogP contribution is -2.15. The van der Waals surface area contributed by atoms with Crippen LogP contribution in [0.4, 0.5) is 0 Å². The number of nitriles is 1. The van der Waals surface area contributed by atoms with Crippen molar-refractivity contribution in [3.63, 3.8) is 0 Å². The Kier molecular flexibility index (Phi) is 5.92. The molecular formula is C17H20N4O2. The molecule has 0 saturated carbocycles. The Bertz CT molecular complexity index is 697. The van der Waals surface area contributed by atoms with Crippen LogP contribution >= 0.6 is 0 Å². The van der Waals surface area contributed by atoms with E-state index in [-0.39, 0.29) is 0 Å². The third-order valence-electron chi connectivity index (χ3n) is 3.49. The van der Waals surface area contributed by atoms with Crippen molar-refractivity contribution in [2.24, 2.45) is 5.73 Å². The van der Waals surface area contributed by atoms with Crippen molar-refractivity contribution >= 4 is 5.70 Å². The summed E-state index contributed by atoms with van der Waals surface area (Å²) in [5, 5.41) is 13.6. The van der Waals surface area contributed by atoms with Crippen LogP contribution in [0.1, 0.15) is 17.5 Å². The van der Waals surface area contributed by atoms with E-state index in [2.05, 4.69) is 11.2 Å². The van der Waals surface area contributed by atoms with Crippen LogP contribution in [0.15, 0.2) is 48.3 Å². The van der Waals surface area contributed by atoms with Gasteiger partial charge in [0, 0.05) is 32.4 Å². The van der Waals surface area contributed by atoms with Gasteiger partial charge in [0.1, 0.15) is 0 Å². The molecule has 23 heavy (non-hydrogen) atoms. The highest BCUT2D eigenvalue weighted by molar-refractivity contribution is 5.68. The van der Waals surface area contributed by atoms with Crippen LogP contribution in [0.25, 0.3) is 5.70 Å². The predicted molar refractivity (Wildman–Crippen MR) is 86.9 cm³/mol. The third kappa shape index (κ3) is 4.42. The standard InChI is InChI=1S/C17H20N4O2/c1-22-16(23-2)8-14(9-18)17(19)15-10-20-21(12-15)11-13-6-4-3-5-7-13/h3-7,10,12,16H,8,11,19H2,1-2H3. The molecule has 0 atom stereocenters. The van der Waals surface area contributed by atoms with Crippen LogP contribution in [0.2, 0.25) is 0 Å². The van der Waals surface area contributed by atoms with Gasteiger partial charge >= 0.3 is 0 Å². The number of rotatable bonds is 7. The molecule has 0 aliphatic heterocycles. The second-order valence-electron chi connectivity index (χ2n) is 5.02. The van der Waals surface area contributed by atoms with E-state index in [1.54, 1.807) is 10.9 Å². The maximum atomic E-state index is 9.31. The second-order valence-corrected chi connectivity index (χ2v) is 5.02. The first-order valence-corrected chi connectivity index (χ1v) is 7.19. The number of hydrogen-bond donors (Lipinski definition) is 1. The van der Waals surface area contributed by atoms with Gasteiger partial charge in [0.25, 0.3) is 0 Å². The number of nitrogens with two attached hydrogens (primary N) is 1. The molecule has 1 heterocycles. The van der Waals surface area contributed by atoms with E-state index in [0.717, 1.165) is 5.56 Å². The molecule has 0 spiro atoms. The Labute approximate surface area is 135 Å². The van der Waals surface area contributed by atoms with Crippen molar-refractivity contribution in [2.45, 2.75) is 19.3 Å². The minimum absolute atomic E-state index is 0.291. The van der Waals surface area contributed by atoms with Crippen LogP contribution in [-0.2, 0) is 16.0 Å². The summed E-state index contributed by atoms with van der Waals surface area (Å²) in [4.78, 5) is 0. The monoisotopic (exact) mass is 312 g/mol. The molecule has 2 N–H and O–H groups in total. The van der Waals surface area contributed by atoms with Crippen molar-refractivity contribution in [2.75, 3.05) is 14.2 Å². The summed E-state index contributed by atoms with van der Waals surface area (Å²) in [5.41, 5.74) is 8.77. The average molecular weight is 312 g/mol. The summed E-state index contributed by atoms with van der Waals surface area (Å²) in [6.45, 7) is 0.648. The fraction of sp³-hybridized carbons (Fsp3) is 0.294. The van der Waals surface area contributed by atoms with Crippen molar-refractivity contribution in [1.82, 2.24) is 9.78 Å². The third-order valence-corrected chi connectivity index (χ3v) is 3.49. The second kappa shape index (κ2) is 8.13. The lowest BCUT2D eigenvalue weighted by molar-refractivity contribution is -0.0995.